The van der Waals surface area contributed by atoms with E-state index in [-0.39, 0.29) is 22.4 Å². The molecule has 1 amide bonds. The van der Waals surface area contributed by atoms with Crippen molar-refractivity contribution < 1.29 is 9.72 Å². The van der Waals surface area contributed by atoms with Gasteiger partial charge in [0.25, 0.3) is 5.69 Å². The van der Waals surface area contributed by atoms with Crippen LogP contribution in [-0.2, 0) is 4.79 Å². The number of halogens is 1. The van der Waals surface area contributed by atoms with Crippen LogP contribution < -0.4 is 16.0 Å². The molecule has 1 saturated heterocycles. The fourth-order valence-electron chi connectivity index (χ4n) is 2.65. The number of nitrogens with two attached hydrogens (primary N) is 1. The summed E-state index contributed by atoms with van der Waals surface area (Å²) in [6.45, 7) is 2.04. The molecule has 1 aromatic rings. The molecule has 1 aliphatic rings. The normalized spacial score (nSPS) is 18.1. The summed E-state index contributed by atoms with van der Waals surface area (Å²) in [4.78, 5) is 24.8. The molecule has 1 fully saturated rings. The molecule has 1 heterocycles. The average Bonchev–Trinajstić information content (AvgIpc) is 2.52. The quantitative estimate of drug-likeness (QED) is 0.605. The lowest BCUT2D eigenvalue weighted by molar-refractivity contribution is -0.384. The molecule has 22 heavy (non-hydrogen) atoms. The Morgan fingerprint density at radius 2 is 2.32 bits per heavy atom. The van der Waals surface area contributed by atoms with Gasteiger partial charge in [-0.05, 0) is 25.0 Å². The zero-order valence-corrected chi connectivity index (χ0v) is 13.7. The maximum absolute atomic E-state index is 12.1. The molecular formula is C14H19BrN4O3. The van der Waals surface area contributed by atoms with Crippen molar-refractivity contribution in [2.75, 3.05) is 31.1 Å². The highest BCUT2D eigenvalue weighted by molar-refractivity contribution is 9.10. The molecule has 0 bridgehead atoms. The minimum absolute atomic E-state index is 0.0344. The van der Waals surface area contributed by atoms with E-state index in [1.54, 1.807) is 12.1 Å². The average molecular weight is 371 g/mol. The fraction of sp³-hybridized carbons (Fsp3) is 0.500. The first-order valence-electron chi connectivity index (χ1n) is 7.19. The van der Waals surface area contributed by atoms with E-state index >= 15 is 0 Å². The van der Waals surface area contributed by atoms with E-state index in [1.165, 1.54) is 6.07 Å². The number of carbonyl (C=O) groups excluding carboxylic acids is 1. The van der Waals surface area contributed by atoms with Gasteiger partial charge in [-0.2, -0.15) is 0 Å². The number of amides is 1. The molecule has 2 rings (SSSR count). The standard InChI is InChI=1S/C14H19BrN4O3/c15-11-3-4-12(19(21)22)13(8-11)18-7-1-2-10(9-18)14(20)17-6-5-16/h3-4,8,10H,1-2,5-7,9,16H2,(H,17,20). The van der Waals surface area contributed by atoms with Crippen LogP contribution >= 0.6 is 15.9 Å². The van der Waals surface area contributed by atoms with E-state index in [1.807, 2.05) is 4.90 Å². The van der Waals surface area contributed by atoms with Gasteiger partial charge in [0.15, 0.2) is 0 Å². The predicted octanol–water partition coefficient (Wildman–Crippen LogP) is 1.65. The van der Waals surface area contributed by atoms with Crippen LogP contribution in [0.5, 0.6) is 0 Å². The fourth-order valence-corrected chi connectivity index (χ4v) is 3.00. The van der Waals surface area contributed by atoms with Crippen LogP contribution in [0.4, 0.5) is 11.4 Å². The Hall–Kier alpha value is -1.67. The molecule has 1 unspecified atom stereocenters. The molecule has 0 radical (unpaired) electrons. The Balaban J connectivity index is 2.17. The number of hydrogen-bond donors (Lipinski definition) is 2. The zero-order valence-electron chi connectivity index (χ0n) is 12.1. The molecule has 0 saturated carbocycles. The Labute approximate surface area is 137 Å². The second-order valence-corrected chi connectivity index (χ2v) is 6.17. The molecule has 8 heteroatoms. The van der Waals surface area contributed by atoms with E-state index in [0.717, 1.165) is 17.3 Å². The lowest BCUT2D eigenvalue weighted by Gasteiger charge is -2.33. The van der Waals surface area contributed by atoms with Crippen molar-refractivity contribution in [1.29, 1.82) is 0 Å². The molecule has 0 spiro atoms. The van der Waals surface area contributed by atoms with Crippen molar-refractivity contribution in [3.05, 3.63) is 32.8 Å². The highest BCUT2D eigenvalue weighted by atomic mass is 79.9. The Morgan fingerprint density at radius 1 is 1.55 bits per heavy atom. The van der Waals surface area contributed by atoms with E-state index in [0.29, 0.717) is 31.9 Å². The van der Waals surface area contributed by atoms with Crippen LogP contribution in [-0.4, -0.2) is 37.0 Å². The summed E-state index contributed by atoms with van der Waals surface area (Å²) in [5.74, 6) is -0.202. The Bertz CT molecular complexity index is 567. The van der Waals surface area contributed by atoms with Gasteiger partial charge in [-0.1, -0.05) is 15.9 Å². The number of benzene rings is 1. The van der Waals surface area contributed by atoms with Gasteiger partial charge in [0.05, 0.1) is 10.8 Å². The third kappa shape index (κ3) is 3.95. The largest absolute Gasteiger partial charge is 0.365 e. The summed E-state index contributed by atoms with van der Waals surface area (Å²) in [7, 11) is 0. The van der Waals surface area contributed by atoms with Crippen LogP contribution in [0.1, 0.15) is 12.8 Å². The van der Waals surface area contributed by atoms with Gasteiger partial charge < -0.3 is 16.0 Å². The lowest BCUT2D eigenvalue weighted by atomic mass is 9.96. The van der Waals surface area contributed by atoms with E-state index in [4.69, 9.17) is 5.73 Å². The van der Waals surface area contributed by atoms with Gasteiger partial charge in [0, 0.05) is 36.7 Å². The number of rotatable bonds is 5. The third-order valence-electron chi connectivity index (χ3n) is 3.71. The summed E-state index contributed by atoms with van der Waals surface area (Å²) in [6, 6.07) is 4.87. The maximum atomic E-state index is 12.1. The van der Waals surface area contributed by atoms with Gasteiger partial charge in [0.2, 0.25) is 5.91 Å². The van der Waals surface area contributed by atoms with Crippen LogP contribution in [0.25, 0.3) is 0 Å². The summed E-state index contributed by atoms with van der Waals surface area (Å²) >= 11 is 3.35. The lowest BCUT2D eigenvalue weighted by Crippen LogP contribution is -2.44. The van der Waals surface area contributed by atoms with E-state index in [9.17, 15) is 14.9 Å². The number of nitro groups is 1. The predicted molar refractivity (Wildman–Crippen MR) is 87.8 cm³/mol. The number of nitro benzene ring substituents is 1. The minimum Gasteiger partial charge on any atom is -0.365 e. The van der Waals surface area contributed by atoms with Crippen molar-refractivity contribution in [1.82, 2.24) is 5.32 Å². The zero-order chi connectivity index (χ0) is 16.1. The molecule has 1 atom stereocenters. The van der Waals surface area contributed by atoms with Crippen molar-refractivity contribution in [3.8, 4) is 0 Å². The molecule has 1 aromatic carbocycles. The minimum atomic E-state index is -0.389. The van der Waals surface area contributed by atoms with Crippen molar-refractivity contribution >= 4 is 33.2 Å². The molecule has 120 valence electrons. The first-order valence-corrected chi connectivity index (χ1v) is 7.99. The second kappa shape index (κ2) is 7.55. The summed E-state index contributed by atoms with van der Waals surface area (Å²) < 4.78 is 0.780. The number of nitrogens with zero attached hydrogens (tertiary/aromatic N) is 2. The first kappa shape index (κ1) is 16.7. The third-order valence-corrected chi connectivity index (χ3v) is 4.20. The van der Waals surface area contributed by atoms with Crippen molar-refractivity contribution in [2.24, 2.45) is 11.7 Å². The molecule has 0 aliphatic carbocycles. The number of nitrogens with one attached hydrogen (secondary N) is 1. The van der Waals surface area contributed by atoms with Crippen molar-refractivity contribution in [2.45, 2.75) is 12.8 Å². The smallest absolute Gasteiger partial charge is 0.292 e. The number of piperidine rings is 1. The molecule has 1 aliphatic heterocycles. The molecule has 7 nitrogen and oxygen atoms in total. The summed E-state index contributed by atoms with van der Waals surface area (Å²) in [6.07, 6.45) is 1.61. The molecule has 3 N–H and O–H groups in total. The monoisotopic (exact) mass is 370 g/mol. The SMILES string of the molecule is NCCNC(=O)C1CCCN(c2cc(Br)ccc2[N+](=O)[O-])C1. The maximum Gasteiger partial charge on any atom is 0.292 e. The van der Waals surface area contributed by atoms with Gasteiger partial charge in [-0.15, -0.1) is 0 Å². The number of hydrogen-bond acceptors (Lipinski definition) is 5. The van der Waals surface area contributed by atoms with Crippen LogP contribution in [0.2, 0.25) is 0 Å². The van der Waals surface area contributed by atoms with Crippen LogP contribution in [0, 0.1) is 16.0 Å². The van der Waals surface area contributed by atoms with Crippen LogP contribution in [0.15, 0.2) is 22.7 Å². The Morgan fingerprint density at radius 3 is 3.00 bits per heavy atom. The topological polar surface area (TPSA) is 102 Å². The van der Waals surface area contributed by atoms with Gasteiger partial charge in [0.1, 0.15) is 5.69 Å². The summed E-state index contributed by atoms with van der Waals surface area (Å²) in [5.41, 5.74) is 6.00. The van der Waals surface area contributed by atoms with Gasteiger partial charge in [-0.3, -0.25) is 14.9 Å². The summed E-state index contributed by atoms with van der Waals surface area (Å²) in [5, 5.41) is 14.0. The van der Waals surface area contributed by atoms with Crippen molar-refractivity contribution in [3.63, 3.8) is 0 Å². The highest BCUT2D eigenvalue weighted by Gasteiger charge is 2.29. The van der Waals surface area contributed by atoms with Gasteiger partial charge >= 0.3 is 0 Å². The highest BCUT2D eigenvalue weighted by Crippen LogP contribution is 2.34. The van der Waals surface area contributed by atoms with E-state index in [2.05, 4.69) is 21.2 Å². The number of carbonyl (C=O) groups is 1. The first-order chi connectivity index (χ1) is 10.5. The molecule has 0 aromatic heterocycles. The van der Waals surface area contributed by atoms with E-state index < -0.39 is 0 Å². The molecular weight excluding hydrogens is 352 g/mol. The van der Waals surface area contributed by atoms with Crippen LogP contribution in [0.3, 0.4) is 0 Å². The number of anilines is 1. The van der Waals surface area contributed by atoms with Gasteiger partial charge in [-0.25, -0.2) is 0 Å². The second-order valence-electron chi connectivity index (χ2n) is 5.26. The Kier molecular flexibility index (Phi) is 5.73.